The number of hydrogen-bond acceptors (Lipinski definition) is 2. The van der Waals surface area contributed by atoms with E-state index in [1.54, 1.807) is 0 Å². The summed E-state index contributed by atoms with van der Waals surface area (Å²) in [6.07, 6.45) is 1.29. The van der Waals surface area contributed by atoms with Crippen LogP contribution in [0.1, 0.15) is 16.7 Å². The minimum atomic E-state index is 0.714. The number of benzene rings is 1. The molecule has 0 atom stereocenters. The Bertz CT molecular complexity index is 290. The zero-order chi connectivity index (χ0) is 8.43. The molecule has 0 aromatic heterocycles. The zero-order valence-corrected chi connectivity index (χ0v) is 6.81. The summed E-state index contributed by atoms with van der Waals surface area (Å²) in [5.74, 6) is 0. The molecule has 11 heavy (non-hydrogen) atoms. The average molecular weight is 148 g/mol. The summed E-state index contributed by atoms with van der Waals surface area (Å²) >= 11 is 0. The van der Waals surface area contributed by atoms with Gasteiger partial charge in [0.2, 0.25) is 0 Å². The van der Waals surface area contributed by atoms with Crippen molar-refractivity contribution in [3.63, 3.8) is 0 Å². The van der Waals surface area contributed by atoms with Crippen LogP contribution in [-0.2, 0) is 0 Å². The molecule has 58 valence electrons. The van der Waals surface area contributed by atoms with Crippen LogP contribution in [-0.4, -0.2) is 6.21 Å². The molecule has 1 rings (SSSR count). The number of aryl methyl sites for hydroxylation is 2. The zero-order valence-electron chi connectivity index (χ0n) is 6.81. The van der Waals surface area contributed by atoms with Crippen molar-refractivity contribution in [1.82, 2.24) is 0 Å². The maximum absolute atomic E-state index is 7.07. The lowest BCUT2D eigenvalue weighted by Gasteiger charge is -2.04. The highest BCUT2D eigenvalue weighted by atomic mass is 14.6. The minimum absolute atomic E-state index is 0.714. The molecule has 2 heteroatoms. The van der Waals surface area contributed by atoms with E-state index in [-0.39, 0.29) is 0 Å². The van der Waals surface area contributed by atoms with Gasteiger partial charge < -0.3 is 11.1 Å². The van der Waals surface area contributed by atoms with Crippen molar-refractivity contribution < 1.29 is 0 Å². The standard InChI is InChI=1S/C9H12N2/c1-6-3-7(2)9(11)8(4-6)5-10/h3-5,10H,11H2,1-2H3. The van der Waals surface area contributed by atoms with Gasteiger partial charge in [-0.15, -0.1) is 0 Å². The summed E-state index contributed by atoms with van der Waals surface area (Å²) in [6.45, 7) is 3.95. The Kier molecular flexibility index (Phi) is 1.94. The molecular formula is C9H12N2. The summed E-state index contributed by atoms with van der Waals surface area (Å²) in [6, 6.07) is 3.93. The molecule has 0 spiro atoms. The number of nitrogen functional groups attached to an aromatic ring is 1. The lowest BCUT2D eigenvalue weighted by atomic mass is 10.1. The Balaban J connectivity index is 3.35. The van der Waals surface area contributed by atoms with Crippen LogP contribution in [0.25, 0.3) is 0 Å². The van der Waals surface area contributed by atoms with E-state index in [9.17, 15) is 0 Å². The van der Waals surface area contributed by atoms with Crippen LogP contribution in [0, 0.1) is 19.3 Å². The van der Waals surface area contributed by atoms with E-state index in [2.05, 4.69) is 0 Å². The van der Waals surface area contributed by atoms with Gasteiger partial charge in [0.15, 0.2) is 0 Å². The fourth-order valence-corrected chi connectivity index (χ4v) is 1.13. The third-order valence-corrected chi connectivity index (χ3v) is 1.72. The molecule has 0 saturated heterocycles. The molecule has 0 aliphatic rings. The molecule has 0 bridgehead atoms. The number of nitrogens with two attached hydrogens (primary N) is 1. The maximum Gasteiger partial charge on any atom is 0.0432 e. The van der Waals surface area contributed by atoms with Gasteiger partial charge in [-0.05, 0) is 25.5 Å². The molecule has 0 aliphatic heterocycles. The van der Waals surface area contributed by atoms with Gasteiger partial charge in [0.25, 0.3) is 0 Å². The van der Waals surface area contributed by atoms with Crippen molar-refractivity contribution in [3.05, 3.63) is 28.8 Å². The highest BCUT2D eigenvalue weighted by molar-refractivity contribution is 5.86. The third kappa shape index (κ3) is 1.40. The summed E-state index contributed by atoms with van der Waals surface area (Å²) in [5, 5.41) is 7.07. The first-order valence-corrected chi connectivity index (χ1v) is 3.52. The predicted octanol–water partition coefficient (Wildman–Crippen LogP) is 1.88. The van der Waals surface area contributed by atoms with Crippen molar-refractivity contribution in [3.8, 4) is 0 Å². The Hall–Kier alpha value is -1.31. The van der Waals surface area contributed by atoms with E-state index >= 15 is 0 Å². The summed E-state index contributed by atoms with van der Waals surface area (Å²) in [7, 11) is 0. The Morgan fingerprint density at radius 3 is 2.55 bits per heavy atom. The normalized spacial score (nSPS) is 9.64. The van der Waals surface area contributed by atoms with Gasteiger partial charge in [0.05, 0.1) is 0 Å². The Labute approximate surface area is 66.6 Å². The molecule has 1 aromatic rings. The second-order valence-electron chi connectivity index (χ2n) is 2.73. The molecule has 1 aromatic carbocycles. The summed E-state index contributed by atoms with van der Waals surface area (Å²) < 4.78 is 0. The SMILES string of the molecule is Cc1cc(C)c(N)c(C=N)c1. The predicted molar refractivity (Wildman–Crippen MR) is 48.2 cm³/mol. The third-order valence-electron chi connectivity index (χ3n) is 1.72. The first kappa shape index (κ1) is 7.79. The minimum Gasteiger partial charge on any atom is -0.398 e. The second-order valence-corrected chi connectivity index (χ2v) is 2.73. The van der Waals surface area contributed by atoms with E-state index in [1.807, 2.05) is 26.0 Å². The van der Waals surface area contributed by atoms with E-state index < -0.39 is 0 Å². The first-order valence-electron chi connectivity index (χ1n) is 3.52. The van der Waals surface area contributed by atoms with Crippen molar-refractivity contribution in [2.24, 2.45) is 0 Å². The van der Waals surface area contributed by atoms with Crippen molar-refractivity contribution in [2.45, 2.75) is 13.8 Å². The monoisotopic (exact) mass is 148 g/mol. The Morgan fingerprint density at radius 2 is 2.00 bits per heavy atom. The van der Waals surface area contributed by atoms with Gasteiger partial charge in [0, 0.05) is 17.5 Å². The summed E-state index contributed by atoms with van der Waals surface area (Å²) in [4.78, 5) is 0. The molecule has 2 nitrogen and oxygen atoms in total. The number of anilines is 1. The smallest absolute Gasteiger partial charge is 0.0432 e. The van der Waals surface area contributed by atoms with Crippen LogP contribution >= 0.6 is 0 Å². The van der Waals surface area contributed by atoms with Crippen molar-refractivity contribution >= 4 is 11.9 Å². The van der Waals surface area contributed by atoms with Gasteiger partial charge in [-0.25, -0.2) is 0 Å². The number of nitrogens with one attached hydrogen (secondary N) is 1. The molecule has 0 saturated carbocycles. The molecule has 0 amide bonds. The fraction of sp³-hybridized carbons (Fsp3) is 0.222. The summed E-state index contributed by atoms with van der Waals surface area (Å²) in [5.41, 5.74) is 9.43. The number of rotatable bonds is 1. The van der Waals surface area contributed by atoms with Crippen LogP contribution in [0.4, 0.5) is 5.69 Å². The topological polar surface area (TPSA) is 49.9 Å². The van der Waals surface area contributed by atoms with E-state index in [0.717, 1.165) is 16.7 Å². The van der Waals surface area contributed by atoms with E-state index in [4.69, 9.17) is 11.1 Å². The quantitative estimate of drug-likeness (QED) is 0.463. The van der Waals surface area contributed by atoms with Gasteiger partial charge in [0.1, 0.15) is 0 Å². The highest BCUT2D eigenvalue weighted by Gasteiger charge is 1.99. The lowest BCUT2D eigenvalue weighted by Crippen LogP contribution is -1.96. The van der Waals surface area contributed by atoms with Gasteiger partial charge >= 0.3 is 0 Å². The van der Waals surface area contributed by atoms with Crippen LogP contribution in [0.3, 0.4) is 0 Å². The van der Waals surface area contributed by atoms with E-state index in [0.29, 0.717) is 5.69 Å². The van der Waals surface area contributed by atoms with Gasteiger partial charge in [-0.2, -0.15) is 0 Å². The highest BCUT2D eigenvalue weighted by Crippen LogP contribution is 2.16. The van der Waals surface area contributed by atoms with Crippen LogP contribution < -0.4 is 5.73 Å². The molecule has 0 aliphatic carbocycles. The molecular weight excluding hydrogens is 136 g/mol. The molecule has 0 unspecified atom stereocenters. The molecule has 0 radical (unpaired) electrons. The number of hydrogen-bond donors (Lipinski definition) is 2. The van der Waals surface area contributed by atoms with Crippen LogP contribution in [0.5, 0.6) is 0 Å². The van der Waals surface area contributed by atoms with Crippen molar-refractivity contribution in [2.75, 3.05) is 5.73 Å². The van der Waals surface area contributed by atoms with E-state index in [1.165, 1.54) is 6.21 Å². The van der Waals surface area contributed by atoms with Crippen LogP contribution in [0.2, 0.25) is 0 Å². The molecule has 0 heterocycles. The average Bonchev–Trinajstić information content (AvgIpc) is 1.96. The first-order chi connectivity index (χ1) is 5.15. The lowest BCUT2D eigenvalue weighted by molar-refractivity contribution is 1.37. The largest absolute Gasteiger partial charge is 0.398 e. The van der Waals surface area contributed by atoms with Gasteiger partial charge in [-0.1, -0.05) is 11.6 Å². The fourth-order valence-electron chi connectivity index (χ4n) is 1.13. The second kappa shape index (κ2) is 2.74. The molecule has 3 N–H and O–H groups in total. The van der Waals surface area contributed by atoms with Crippen LogP contribution in [0.15, 0.2) is 12.1 Å². The van der Waals surface area contributed by atoms with Gasteiger partial charge in [-0.3, -0.25) is 0 Å². The van der Waals surface area contributed by atoms with Crippen molar-refractivity contribution in [1.29, 1.82) is 5.41 Å². The molecule has 0 fully saturated rings. The Morgan fingerprint density at radius 1 is 1.36 bits per heavy atom. The maximum atomic E-state index is 7.07.